The lowest BCUT2D eigenvalue weighted by atomic mass is 10.3. The molecule has 0 bridgehead atoms. The van der Waals surface area contributed by atoms with Crippen molar-refractivity contribution in [1.82, 2.24) is 14.3 Å². The lowest BCUT2D eigenvalue weighted by molar-refractivity contribution is 0.0988. The molecule has 5 nitrogen and oxygen atoms in total. The van der Waals surface area contributed by atoms with Gasteiger partial charge in [-0.1, -0.05) is 34.5 Å². The molecule has 1 amide bonds. The minimum absolute atomic E-state index is 0.332. The molecule has 0 aliphatic rings. The molecule has 1 aromatic carbocycles. The Labute approximate surface area is 140 Å². The lowest BCUT2D eigenvalue weighted by Gasteiger charge is -2.00. The van der Waals surface area contributed by atoms with Crippen LogP contribution in [0.2, 0.25) is 10.0 Å². The maximum absolute atomic E-state index is 12.4. The van der Waals surface area contributed by atoms with E-state index in [4.69, 9.17) is 23.2 Å². The van der Waals surface area contributed by atoms with Gasteiger partial charge in [-0.25, -0.2) is 0 Å². The summed E-state index contributed by atoms with van der Waals surface area (Å²) in [5.74, 6) is -0.332. The molecule has 8 heteroatoms. The van der Waals surface area contributed by atoms with Crippen LogP contribution in [0.15, 0.2) is 23.3 Å². The number of rotatable bonds is 1. The van der Waals surface area contributed by atoms with Crippen molar-refractivity contribution in [3.05, 3.63) is 44.4 Å². The smallest absolute Gasteiger partial charge is 0.298 e. The Balaban J connectivity index is 2.21. The summed E-state index contributed by atoms with van der Waals surface area (Å²) in [7, 11) is 3.53. The van der Waals surface area contributed by atoms with E-state index in [-0.39, 0.29) is 5.91 Å². The van der Waals surface area contributed by atoms with Crippen molar-refractivity contribution in [2.45, 2.75) is 6.92 Å². The van der Waals surface area contributed by atoms with Gasteiger partial charge in [0.2, 0.25) is 0 Å². The SMILES string of the molecule is Cc1cnn(C)c1C(=O)N=c1sc2ccc(Cl)c(Cl)c2n1C. The Morgan fingerprint density at radius 2 is 2.05 bits per heavy atom. The second-order valence-corrected chi connectivity index (χ2v) is 6.66. The molecule has 0 fully saturated rings. The number of hydrogen-bond acceptors (Lipinski definition) is 3. The molecule has 0 aliphatic carbocycles. The molecule has 22 heavy (non-hydrogen) atoms. The number of fused-ring (bicyclic) bond motifs is 1. The van der Waals surface area contributed by atoms with Crippen molar-refractivity contribution < 1.29 is 4.79 Å². The van der Waals surface area contributed by atoms with Gasteiger partial charge in [0.05, 0.1) is 26.5 Å². The molecule has 114 valence electrons. The molecule has 0 atom stereocenters. The van der Waals surface area contributed by atoms with Crippen LogP contribution >= 0.6 is 34.5 Å². The first-order valence-corrected chi connectivity index (χ1v) is 7.98. The zero-order chi connectivity index (χ0) is 16.0. The summed E-state index contributed by atoms with van der Waals surface area (Å²) in [5.41, 5.74) is 2.04. The number of benzene rings is 1. The molecule has 3 rings (SSSR count). The minimum atomic E-state index is -0.332. The highest BCUT2D eigenvalue weighted by Gasteiger charge is 2.15. The molecule has 0 spiro atoms. The third-order valence-corrected chi connectivity index (χ3v) is 5.27. The van der Waals surface area contributed by atoms with Gasteiger partial charge in [-0.3, -0.25) is 9.48 Å². The van der Waals surface area contributed by atoms with Crippen LogP contribution in [-0.4, -0.2) is 20.3 Å². The first-order chi connectivity index (χ1) is 10.4. The van der Waals surface area contributed by atoms with Crippen molar-refractivity contribution >= 4 is 50.7 Å². The van der Waals surface area contributed by atoms with E-state index in [1.807, 2.05) is 20.0 Å². The fraction of sp³-hybridized carbons (Fsp3) is 0.214. The molecule has 0 aliphatic heterocycles. The van der Waals surface area contributed by atoms with E-state index in [2.05, 4.69) is 10.1 Å². The molecule has 2 heterocycles. The molecule has 0 saturated heterocycles. The summed E-state index contributed by atoms with van der Waals surface area (Å²) < 4.78 is 4.22. The Morgan fingerprint density at radius 1 is 1.32 bits per heavy atom. The molecule has 0 radical (unpaired) electrons. The van der Waals surface area contributed by atoms with Gasteiger partial charge in [-0.05, 0) is 19.1 Å². The topological polar surface area (TPSA) is 52.2 Å². The van der Waals surface area contributed by atoms with Crippen LogP contribution in [0.4, 0.5) is 0 Å². The highest BCUT2D eigenvalue weighted by Crippen LogP contribution is 2.31. The van der Waals surface area contributed by atoms with Gasteiger partial charge in [0.15, 0.2) is 4.80 Å². The Kier molecular flexibility index (Phi) is 3.84. The molecule has 0 N–H and O–H groups in total. The van der Waals surface area contributed by atoms with Crippen LogP contribution < -0.4 is 4.80 Å². The van der Waals surface area contributed by atoms with E-state index < -0.39 is 0 Å². The first kappa shape index (κ1) is 15.3. The van der Waals surface area contributed by atoms with E-state index in [0.717, 1.165) is 15.8 Å². The van der Waals surface area contributed by atoms with E-state index in [1.54, 1.807) is 23.9 Å². The van der Waals surface area contributed by atoms with E-state index >= 15 is 0 Å². The first-order valence-electron chi connectivity index (χ1n) is 6.41. The van der Waals surface area contributed by atoms with E-state index in [1.165, 1.54) is 16.0 Å². The molecular formula is C14H12Cl2N4OS. The molecule has 3 aromatic rings. The molecular weight excluding hydrogens is 343 g/mol. The summed E-state index contributed by atoms with van der Waals surface area (Å²) in [4.78, 5) is 17.2. The molecule has 2 aromatic heterocycles. The number of amides is 1. The highest BCUT2D eigenvalue weighted by atomic mass is 35.5. The average Bonchev–Trinajstić information content (AvgIpc) is 2.96. The van der Waals surface area contributed by atoms with Crippen molar-refractivity contribution in [3.63, 3.8) is 0 Å². The largest absolute Gasteiger partial charge is 0.318 e. The summed E-state index contributed by atoms with van der Waals surface area (Å²) in [6.45, 7) is 1.83. The number of carbonyl (C=O) groups excluding carboxylic acids is 1. The second-order valence-electron chi connectivity index (χ2n) is 4.87. The number of carbonyl (C=O) groups is 1. The van der Waals surface area contributed by atoms with Gasteiger partial charge in [0, 0.05) is 19.7 Å². The number of aryl methyl sites for hydroxylation is 3. The van der Waals surface area contributed by atoms with Crippen LogP contribution in [0.3, 0.4) is 0 Å². The fourth-order valence-electron chi connectivity index (χ4n) is 2.27. The number of hydrogen-bond donors (Lipinski definition) is 0. The summed E-state index contributed by atoms with van der Waals surface area (Å²) in [5, 5.41) is 5.00. The highest BCUT2D eigenvalue weighted by molar-refractivity contribution is 7.16. The van der Waals surface area contributed by atoms with Crippen molar-refractivity contribution in [3.8, 4) is 0 Å². The van der Waals surface area contributed by atoms with Crippen LogP contribution in [0.1, 0.15) is 16.1 Å². The standard InChI is InChI=1S/C14H12Cl2N4OS/c1-7-6-17-20(3)11(7)13(21)18-14-19(2)12-9(22-14)5-4-8(15)10(12)16/h4-6H,1-3H3. The predicted octanol–water partition coefficient (Wildman–Crippen LogP) is 3.33. The number of nitrogens with zero attached hydrogens (tertiary/aromatic N) is 4. The van der Waals surface area contributed by atoms with Gasteiger partial charge in [0.25, 0.3) is 5.91 Å². The van der Waals surface area contributed by atoms with Crippen molar-refractivity contribution in [2.75, 3.05) is 0 Å². The zero-order valence-electron chi connectivity index (χ0n) is 12.1. The van der Waals surface area contributed by atoms with Gasteiger partial charge in [0.1, 0.15) is 5.69 Å². The van der Waals surface area contributed by atoms with Crippen molar-refractivity contribution in [2.24, 2.45) is 19.1 Å². The minimum Gasteiger partial charge on any atom is -0.318 e. The van der Waals surface area contributed by atoms with Crippen LogP contribution in [0.5, 0.6) is 0 Å². The monoisotopic (exact) mass is 354 g/mol. The summed E-state index contributed by atoms with van der Waals surface area (Å²) in [6, 6.07) is 3.60. The molecule has 0 saturated carbocycles. The zero-order valence-corrected chi connectivity index (χ0v) is 14.4. The molecule has 0 unspecified atom stereocenters. The van der Waals surface area contributed by atoms with Crippen LogP contribution in [0, 0.1) is 6.92 Å². The van der Waals surface area contributed by atoms with Gasteiger partial charge < -0.3 is 4.57 Å². The third-order valence-electron chi connectivity index (χ3n) is 3.38. The van der Waals surface area contributed by atoms with Gasteiger partial charge in [-0.15, -0.1) is 0 Å². The quantitative estimate of drug-likeness (QED) is 0.672. The number of thiazole rings is 1. The lowest BCUT2D eigenvalue weighted by Crippen LogP contribution is -2.15. The van der Waals surface area contributed by atoms with Crippen LogP contribution in [0.25, 0.3) is 10.2 Å². The number of aromatic nitrogens is 3. The predicted molar refractivity (Wildman–Crippen MR) is 88.7 cm³/mol. The average molecular weight is 355 g/mol. The summed E-state index contributed by atoms with van der Waals surface area (Å²) in [6.07, 6.45) is 1.64. The van der Waals surface area contributed by atoms with Gasteiger partial charge >= 0.3 is 0 Å². The Morgan fingerprint density at radius 3 is 2.68 bits per heavy atom. The van der Waals surface area contributed by atoms with Crippen LogP contribution in [-0.2, 0) is 14.1 Å². The van der Waals surface area contributed by atoms with E-state index in [0.29, 0.717) is 20.5 Å². The normalized spacial score (nSPS) is 12.3. The Bertz CT molecular complexity index is 948. The Hall–Kier alpha value is -1.63. The second kappa shape index (κ2) is 5.53. The third kappa shape index (κ3) is 2.37. The van der Waals surface area contributed by atoms with E-state index in [9.17, 15) is 4.79 Å². The summed E-state index contributed by atoms with van der Waals surface area (Å²) >= 11 is 13.7. The fourth-order valence-corrected chi connectivity index (χ4v) is 3.80. The van der Waals surface area contributed by atoms with Crippen molar-refractivity contribution in [1.29, 1.82) is 0 Å². The number of halogens is 2. The van der Waals surface area contributed by atoms with Gasteiger partial charge in [-0.2, -0.15) is 10.1 Å². The maximum Gasteiger partial charge on any atom is 0.298 e. The maximum atomic E-state index is 12.4.